The maximum atomic E-state index is 14.1. The normalized spacial score (nSPS) is 19.9. The third-order valence-electron chi connectivity index (χ3n) is 7.63. The zero-order valence-corrected chi connectivity index (χ0v) is 21.3. The molecule has 8 heteroatoms. The van der Waals surface area contributed by atoms with Gasteiger partial charge in [0.15, 0.2) is 0 Å². The third kappa shape index (κ3) is 3.94. The van der Waals surface area contributed by atoms with Crippen LogP contribution in [0.1, 0.15) is 48.7 Å². The molecule has 2 heterocycles. The van der Waals surface area contributed by atoms with Crippen LogP contribution < -0.4 is 19.5 Å². The Balaban J connectivity index is 1.61. The molecule has 0 radical (unpaired) electrons. The zero-order valence-electron chi connectivity index (χ0n) is 21.3. The molecule has 0 bridgehead atoms. The summed E-state index contributed by atoms with van der Waals surface area (Å²) in [5.74, 6) is 1.68. The van der Waals surface area contributed by atoms with E-state index < -0.39 is 5.54 Å². The topological polar surface area (TPSA) is 82.0 Å². The first kappa shape index (κ1) is 24.0. The highest BCUT2D eigenvalue weighted by molar-refractivity contribution is 6.05. The Morgan fingerprint density at radius 1 is 1.00 bits per heavy atom. The Morgan fingerprint density at radius 2 is 1.67 bits per heavy atom. The van der Waals surface area contributed by atoms with E-state index in [1.54, 1.807) is 26.2 Å². The maximum Gasteiger partial charge on any atom is 0.271 e. The number of ether oxygens (including phenoxy) is 3. The van der Waals surface area contributed by atoms with Gasteiger partial charge in [0.1, 0.15) is 28.5 Å². The average Bonchev–Trinajstić information content (AvgIpc) is 3.54. The summed E-state index contributed by atoms with van der Waals surface area (Å²) in [4.78, 5) is 29.7. The van der Waals surface area contributed by atoms with Crippen LogP contribution in [0.25, 0.3) is 10.9 Å². The second-order valence-corrected chi connectivity index (χ2v) is 9.82. The van der Waals surface area contributed by atoms with Gasteiger partial charge < -0.3 is 29.0 Å². The standard InChI is InChI=1S/C28H33N3O5/c1-28(27(33)29-19-7-5-6-8-19)17-30-22(15-21-23(35-3)13-14-24(36-4)25(21)30)26(32)31(28)16-18-9-11-20(34-2)12-10-18/h9-15,19H,5-8,16-17H2,1-4H3,(H,29,33). The number of fused-ring (bicyclic) bond motifs is 3. The van der Waals surface area contributed by atoms with Gasteiger partial charge in [-0.15, -0.1) is 0 Å². The predicted molar refractivity (Wildman–Crippen MR) is 137 cm³/mol. The summed E-state index contributed by atoms with van der Waals surface area (Å²) in [6, 6.07) is 13.2. The number of methoxy groups -OCH3 is 3. The first-order chi connectivity index (χ1) is 17.4. The number of benzene rings is 2. The third-order valence-corrected chi connectivity index (χ3v) is 7.63. The van der Waals surface area contributed by atoms with Gasteiger partial charge >= 0.3 is 0 Å². The molecule has 2 aromatic carbocycles. The zero-order chi connectivity index (χ0) is 25.4. The van der Waals surface area contributed by atoms with Gasteiger partial charge in [-0.1, -0.05) is 25.0 Å². The largest absolute Gasteiger partial charge is 0.497 e. The van der Waals surface area contributed by atoms with Gasteiger partial charge in [-0.25, -0.2) is 0 Å². The molecule has 8 nitrogen and oxygen atoms in total. The van der Waals surface area contributed by atoms with E-state index in [1.807, 2.05) is 54.0 Å². The second-order valence-electron chi connectivity index (χ2n) is 9.82. The van der Waals surface area contributed by atoms with Crippen LogP contribution in [0.4, 0.5) is 0 Å². The summed E-state index contributed by atoms with van der Waals surface area (Å²) < 4.78 is 18.4. The minimum absolute atomic E-state index is 0.134. The molecule has 1 aromatic heterocycles. The van der Waals surface area contributed by atoms with Crippen molar-refractivity contribution >= 4 is 22.7 Å². The Labute approximate surface area is 211 Å². The van der Waals surface area contributed by atoms with Crippen molar-refractivity contribution in [1.29, 1.82) is 0 Å². The molecule has 5 rings (SSSR count). The fraction of sp³-hybridized carbons (Fsp3) is 0.429. The number of hydrogen-bond donors (Lipinski definition) is 1. The lowest BCUT2D eigenvalue weighted by molar-refractivity contribution is -0.133. The van der Waals surface area contributed by atoms with Crippen molar-refractivity contribution in [3.63, 3.8) is 0 Å². The number of carbonyl (C=O) groups excluding carboxylic acids is 2. The van der Waals surface area contributed by atoms with Gasteiger partial charge in [-0.2, -0.15) is 0 Å². The quantitative estimate of drug-likeness (QED) is 0.537. The van der Waals surface area contributed by atoms with Crippen molar-refractivity contribution in [1.82, 2.24) is 14.8 Å². The molecule has 2 aliphatic rings. The summed E-state index contributed by atoms with van der Waals surface area (Å²) in [6.07, 6.45) is 4.16. The Kier molecular flexibility index (Phi) is 6.28. The highest BCUT2D eigenvalue weighted by Crippen LogP contribution is 2.40. The van der Waals surface area contributed by atoms with Crippen LogP contribution in [0.2, 0.25) is 0 Å². The van der Waals surface area contributed by atoms with Gasteiger partial charge in [-0.3, -0.25) is 9.59 Å². The van der Waals surface area contributed by atoms with Crippen molar-refractivity contribution in [2.45, 2.75) is 57.3 Å². The molecular formula is C28H33N3O5. The maximum absolute atomic E-state index is 14.1. The molecule has 2 amide bonds. The van der Waals surface area contributed by atoms with Crippen LogP contribution in [0.15, 0.2) is 42.5 Å². The van der Waals surface area contributed by atoms with E-state index in [9.17, 15) is 9.59 Å². The summed E-state index contributed by atoms with van der Waals surface area (Å²) >= 11 is 0. The molecule has 1 unspecified atom stereocenters. The fourth-order valence-electron chi connectivity index (χ4n) is 5.53. The Hall–Kier alpha value is -3.68. The van der Waals surface area contributed by atoms with Gasteiger partial charge in [0.2, 0.25) is 5.91 Å². The summed E-state index contributed by atoms with van der Waals surface area (Å²) in [6.45, 7) is 2.46. The molecule has 0 spiro atoms. The Morgan fingerprint density at radius 3 is 2.31 bits per heavy atom. The van der Waals surface area contributed by atoms with E-state index in [4.69, 9.17) is 14.2 Å². The van der Waals surface area contributed by atoms with Gasteiger partial charge in [0.25, 0.3) is 5.91 Å². The number of nitrogens with zero attached hydrogens (tertiary/aromatic N) is 2. The number of amides is 2. The van der Waals surface area contributed by atoms with E-state index in [-0.39, 0.29) is 17.9 Å². The van der Waals surface area contributed by atoms with Crippen LogP contribution >= 0.6 is 0 Å². The minimum Gasteiger partial charge on any atom is -0.497 e. The number of nitrogens with one attached hydrogen (secondary N) is 1. The van der Waals surface area contributed by atoms with Crippen molar-refractivity contribution < 1.29 is 23.8 Å². The van der Waals surface area contributed by atoms with Crippen LogP contribution in [0, 0.1) is 0 Å². The van der Waals surface area contributed by atoms with E-state index in [0.29, 0.717) is 30.3 Å². The van der Waals surface area contributed by atoms with Crippen LogP contribution in [-0.2, 0) is 17.9 Å². The van der Waals surface area contributed by atoms with Gasteiger partial charge in [0, 0.05) is 18.0 Å². The van der Waals surface area contributed by atoms with E-state index >= 15 is 0 Å². The lowest BCUT2D eigenvalue weighted by Gasteiger charge is -2.44. The number of hydrogen-bond acceptors (Lipinski definition) is 5. The molecule has 1 fully saturated rings. The van der Waals surface area contributed by atoms with Gasteiger partial charge in [0.05, 0.1) is 33.4 Å². The molecule has 3 aromatic rings. The number of aromatic nitrogens is 1. The SMILES string of the molecule is COc1ccc(CN2C(=O)c3cc4c(OC)ccc(OC)c4n3CC2(C)C(=O)NC2CCCC2)cc1. The van der Waals surface area contributed by atoms with Crippen LogP contribution in [-0.4, -0.2) is 54.2 Å². The highest BCUT2D eigenvalue weighted by Gasteiger charge is 2.48. The summed E-state index contributed by atoms with van der Waals surface area (Å²) in [5, 5.41) is 4.03. The monoisotopic (exact) mass is 491 g/mol. The molecule has 1 N–H and O–H groups in total. The Bertz CT molecular complexity index is 1290. The molecule has 1 aliphatic carbocycles. The molecule has 0 saturated heterocycles. The highest BCUT2D eigenvalue weighted by atomic mass is 16.5. The summed E-state index contributed by atoms with van der Waals surface area (Å²) in [5.41, 5.74) is 1.08. The fourth-order valence-corrected chi connectivity index (χ4v) is 5.53. The van der Waals surface area contributed by atoms with Crippen molar-refractivity contribution in [3.05, 3.63) is 53.7 Å². The van der Waals surface area contributed by atoms with Gasteiger partial charge in [-0.05, 0) is 55.7 Å². The van der Waals surface area contributed by atoms with E-state index in [1.165, 1.54) is 0 Å². The molecule has 190 valence electrons. The molecule has 1 saturated carbocycles. The summed E-state index contributed by atoms with van der Waals surface area (Å²) in [7, 11) is 4.83. The first-order valence-electron chi connectivity index (χ1n) is 12.4. The lowest BCUT2D eigenvalue weighted by Crippen LogP contribution is -2.64. The molecule has 1 aliphatic heterocycles. The smallest absolute Gasteiger partial charge is 0.271 e. The first-order valence-corrected chi connectivity index (χ1v) is 12.4. The predicted octanol–water partition coefficient (Wildman–Crippen LogP) is 4.14. The molecule has 36 heavy (non-hydrogen) atoms. The molecular weight excluding hydrogens is 458 g/mol. The number of carbonyl (C=O) groups is 2. The van der Waals surface area contributed by atoms with Crippen molar-refractivity contribution in [2.24, 2.45) is 0 Å². The lowest BCUT2D eigenvalue weighted by atomic mass is 9.93. The second kappa shape index (κ2) is 9.41. The van der Waals surface area contributed by atoms with Crippen LogP contribution in [0.5, 0.6) is 17.2 Å². The van der Waals surface area contributed by atoms with E-state index in [2.05, 4.69) is 5.32 Å². The molecule has 1 atom stereocenters. The van der Waals surface area contributed by atoms with Crippen molar-refractivity contribution in [3.8, 4) is 17.2 Å². The average molecular weight is 492 g/mol. The van der Waals surface area contributed by atoms with Crippen LogP contribution in [0.3, 0.4) is 0 Å². The number of rotatable bonds is 7. The minimum atomic E-state index is -1.10. The van der Waals surface area contributed by atoms with Crippen molar-refractivity contribution in [2.75, 3.05) is 21.3 Å². The van der Waals surface area contributed by atoms with E-state index in [0.717, 1.165) is 47.9 Å².